The minimum atomic E-state index is -8.07. The number of halogens is 13. The number of alkyl halides is 13. The third-order valence-corrected chi connectivity index (χ3v) is 10.2. The third kappa shape index (κ3) is 23.0. The Morgan fingerprint density at radius 3 is 1.31 bits per heavy atom. The Hall–Kier alpha value is -2.74. The molecule has 25 heteroatoms. The van der Waals surface area contributed by atoms with E-state index in [1.165, 1.54) is 13.8 Å². The molecule has 0 radical (unpaired) electrons. The van der Waals surface area contributed by atoms with Crippen LogP contribution in [0.15, 0.2) is 0 Å². The molecule has 0 fully saturated rings. The van der Waals surface area contributed by atoms with Crippen molar-refractivity contribution in [3.05, 3.63) is 0 Å². The molecule has 0 heterocycles. The maximum atomic E-state index is 14.4. The van der Waals surface area contributed by atoms with Crippen LogP contribution in [0.1, 0.15) is 111 Å². The summed E-state index contributed by atoms with van der Waals surface area (Å²) < 4.78 is 218. The lowest BCUT2D eigenvalue weighted by molar-refractivity contribution is -0.440. The van der Waals surface area contributed by atoms with Crippen LogP contribution in [-0.2, 0) is 52.3 Å². The first-order valence-electron chi connectivity index (χ1n) is 22.7. The number of ether oxygens (including phenoxy) is 8. The highest BCUT2D eigenvalue weighted by atomic mass is 19.4. The van der Waals surface area contributed by atoms with Crippen molar-refractivity contribution in [2.24, 2.45) is 17.8 Å². The number of aliphatic hydroxyl groups is 1. The highest BCUT2D eigenvalue weighted by Gasteiger charge is 2.90. The van der Waals surface area contributed by atoms with Gasteiger partial charge in [-0.1, -0.05) is 40.0 Å². The lowest BCUT2D eigenvalue weighted by Gasteiger charge is -2.39. The van der Waals surface area contributed by atoms with Gasteiger partial charge in [-0.2, -0.15) is 57.1 Å². The van der Waals surface area contributed by atoms with E-state index in [9.17, 15) is 71.5 Å². The Bertz CT molecular complexity index is 1360. The van der Waals surface area contributed by atoms with E-state index in [-0.39, 0.29) is 45.7 Å². The summed E-state index contributed by atoms with van der Waals surface area (Å²) >= 11 is 0. The molecule has 404 valence electrons. The molecule has 0 aliphatic carbocycles. The van der Waals surface area contributed by atoms with E-state index < -0.39 is 90.9 Å². The van der Waals surface area contributed by atoms with Crippen molar-refractivity contribution >= 4 is 17.9 Å². The van der Waals surface area contributed by atoms with Crippen LogP contribution in [0, 0.1) is 17.8 Å². The fourth-order valence-electron chi connectivity index (χ4n) is 6.17. The van der Waals surface area contributed by atoms with Gasteiger partial charge in [-0.25, -0.2) is 0 Å². The topological polar surface area (TPSA) is 145 Å². The fraction of sp³-hybridized carbons (Fsp3) is 0.930. The minimum absolute atomic E-state index is 0.0268. The fourth-order valence-corrected chi connectivity index (χ4v) is 6.17. The Balaban J connectivity index is 5.01. The quantitative estimate of drug-likeness (QED) is 0.0269. The molecule has 0 bridgehead atoms. The Kier molecular flexibility index (Phi) is 32.4. The van der Waals surface area contributed by atoms with Crippen molar-refractivity contribution in [3.8, 4) is 0 Å². The average molecular weight is 1020 g/mol. The molecule has 0 saturated carbocycles. The van der Waals surface area contributed by atoms with Crippen LogP contribution in [0.3, 0.4) is 0 Å². The van der Waals surface area contributed by atoms with E-state index in [1.54, 1.807) is 0 Å². The van der Waals surface area contributed by atoms with Gasteiger partial charge in [-0.15, -0.1) is 0 Å². The predicted octanol–water partition coefficient (Wildman–Crippen LogP) is 9.80. The molecule has 68 heavy (non-hydrogen) atoms. The average Bonchev–Trinajstić information content (AvgIpc) is 3.25. The number of unbranched alkanes of at least 4 members (excludes halogenated alkanes) is 3. The molecule has 3 unspecified atom stereocenters. The van der Waals surface area contributed by atoms with E-state index in [0.717, 1.165) is 25.7 Å². The summed E-state index contributed by atoms with van der Waals surface area (Å²) in [7, 11) is 0. The SMILES string of the molecule is CCCCCCOC(=O)CC(CC(C)C(=O)OCCCOCCCOCCCOCCCOCCCOCCCO)C(CC)C(=O)OCCC(F)(F)C(F)(F)C(F)(F)C(F)(F)C(F)(F)C(F)(F)F. The van der Waals surface area contributed by atoms with Gasteiger partial charge in [0.05, 0.1) is 38.1 Å². The number of carbonyl (C=O) groups excluding carboxylic acids is 3. The maximum Gasteiger partial charge on any atom is 0.460 e. The van der Waals surface area contributed by atoms with Gasteiger partial charge in [0.1, 0.15) is 0 Å². The Morgan fingerprint density at radius 2 is 0.882 bits per heavy atom. The molecule has 0 spiro atoms. The second-order valence-corrected chi connectivity index (χ2v) is 15.9. The molecule has 0 aromatic heterocycles. The van der Waals surface area contributed by atoms with Crippen LogP contribution in [-0.4, -0.2) is 151 Å². The summed E-state index contributed by atoms with van der Waals surface area (Å²) in [4.78, 5) is 38.7. The minimum Gasteiger partial charge on any atom is -0.466 e. The third-order valence-electron chi connectivity index (χ3n) is 10.2. The van der Waals surface area contributed by atoms with E-state index in [4.69, 9.17) is 38.3 Å². The molecule has 0 saturated heterocycles. The van der Waals surface area contributed by atoms with Gasteiger partial charge < -0.3 is 43.0 Å². The van der Waals surface area contributed by atoms with Crippen molar-refractivity contribution in [3.63, 3.8) is 0 Å². The van der Waals surface area contributed by atoms with Crippen LogP contribution >= 0.6 is 0 Å². The largest absolute Gasteiger partial charge is 0.466 e. The van der Waals surface area contributed by atoms with Crippen LogP contribution in [0.2, 0.25) is 0 Å². The first kappa shape index (κ1) is 65.3. The summed E-state index contributed by atoms with van der Waals surface area (Å²) in [6.45, 7) is 7.51. The number of hydrogen-bond donors (Lipinski definition) is 1. The molecule has 0 aliphatic heterocycles. The summed E-state index contributed by atoms with van der Waals surface area (Å²) in [6, 6.07) is 0. The van der Waals surface area contributed by atoms with Crippen molar-refractivity contribution in [2.45, 2.75) is 146 Å². The van der Waals surface area contributed by atoms with Crippen molar-refractivity contribution < 1.29 is 114 Å². The van der Waals surface area contributed by atoms with E-state index in [2.05, 4.69) is 4.74 Å². The highest BCUT2D eigenvalue weighted by molar-refractivity contribution is 5.76. The van der Waals surface area contributed by atoms with E-state index in [0.29, 0.717) is 91.6 Å². The zero-order chi connectivity index (χ0) is 51.9. The molecule has 0 rings (SSSR count). The van der Waals surface area contributed by atoms with E-state index >= 15 is 0 Å². The van der Waals surface area contributed by atoms with Gasteiger partial charge in [0.15, 0.2) is 0 Å². The van der Waals surface area contributed by atoms with Crippen LogP contribution < -0.4 is 0 Å². The molecule has 12 nitrogen and oxygen atoms in total. The van der Waals surface area contributed by atoms with Gasteiger partial charge in [0.25, 0.3) is 0 Å². The Morgan fingerprint density at radius 1 is 0.471 bits per heavy atom. The van der Waals surface area contributed by atoms with Crippen LogP contribution in [0.4, 0.5) is 57.1 Å². The zero-order valence-corrected chi connectivity index (χ0v) is 38.9. The lowest BCUT2D eigenvalue weighted by atomic mass is 9.81. The molecule has 0 aromatic rings. The van der Waals surface area contributed by atoms with Crippen molar-refractivity contribution in [2.75, 3.05) is 92.5 Å². The van der Waals surface area contributed by atoms with Gasteiger partial charge >= 0.3 is 53.7 Å². The zero-order valence-electron chi connectivity index (χ0n) is 38.9. The number of hydrogen-bond acceptors (Lipinski definition) is 12. The van der Waals surface area contributed by atoms with Gasteiger partial charge in [-0.05, 0) is 57.3 Å². The summed E-state index contributed by atoms with van der Waals surface area (Å²) in [5.41, 5.74) is 0. The molecule has 0 aliphatic rings. The number of esters is 3. The lowest BCUT2D eigenvalue weighted by Crippen LogP contribution is -2.70. The van der Waals surface area contributed by atoms with Crippen LogP contribution in [0.5, 0.6) is 0 Å². The smallest absolute Gasteiger partial charge is 0.460 e. The monoisotopic (exact) mass is 1020 g/mol. The summed E-state index contributed by atoms with van der Waals surface area (Å²) in [6.07, 6.45) is -4.85. The predicted molar refractivity (Wildman–Crippen MR) is 217 cm³/mol. The number of aliphatic hydroxyl groups excluding tert-OH is 1. The molecular formula is C43H69F13O12. The first-order chi connectivity index (χ1) is 31.8. The molecule has 1 N–H and O–H groups in total. The molecule has 0 aromatic carbocycles. The second kappa shape index (κ2) is 33.8. The first-order valence-corrected chi connectivity index (χ1v) is 22.7. The second-order valence-electron chi connectivity index (χ2n) is 15.9. The Labute approximate surface area is 388 Å². The molecule has 0 amide bonds. The molecule has 3 atom stereocenters. The standard InChI is InChI=1S/C43H69F13O12/c1-4-6-7-8-27-66-35(58)31-33(34(5-2)37(60)68-29-15-38(44,45)39(46,47)40(48,49)41(50,51)42(52,53)43(54,55)56)30-32(3)36(59)67-28-14-26-65-25-13-24-64-23-12-22-63-21-11-20-62-19-10-18-61-17-9-16-57/h32-34,57H,4-31H2,1-3H3. The van der Waals surface area contributed by atoms with Gasteiger partial charge in [0.2, 0.25) is 0 Å². The highest BCUT2D eigenvalue weighted by Crippen LogP contribution is 2.60. The normalized spacial score (nSPS) is 14.4. The maximum absolute atomic E-state index is 14.4. The van der Waals surface area contributed by atoms with Gasteiger partial charge in [-0.3, -0.25) is 14.4 Å². The number of rotatable bonds is 43. The van der Waals surface area contributed by atoms with Crippen molar-refractivity contribution in [1.82, 2.24) is 0 Å². The molecular weight excluding hydrogens is 955 g/mol. The summed E-state index contributed by atoms with van der Waals surface area (Å²) in [5, 5.41) is 8.69. The van der Waals surface area contributed by atoms with Gasteiger partial charge in [0, 0.05) is 85.5 Å². The number of carbonyl (C=O) groups is 3. The van der Waals surface area contributed by atoms with Crippen LogP contribution in [0.25, 0.3) is 0 Å². The summed E-state index contributed by atoms with van der Waals surface area (Å²) in [5.74, 6) is -44.8. The van der Waals surface area contributed by atoms with Crippen molar-refractivity contribution in [1.29, 1.82) is 0 Å². The van der Waals surface area contributed by atoms with E-state index in [1.807, 2.05) is 6.92 Å².